The predicted octanol–water partition coefficient (Wildman–Crippen LogP) is 1.56. The third kappa shape index (κ3) is 3.10. The zero-order chi connectivity index (χ0) is 16.6. The van der Waals surface area contributed by atoms with Crippen LogP contribution in [-0.4, -0.2) is 51.8 Å². The Morgan fingerprint density at radius 3 is 2.22 bits per heavy atom. The Morgan fingerprint density at radius 1 is 1.09 bits per heavy atom. The quantitative estimate of drug-likeness (QED) is 0.590. The number of halogens is 1. The SMILES string of the molecule is CCN1C(=O)C(=O)N(CN(Cc2ccc(F)cc2)C2CC2)C1=O. The van der Waals surface area contributed by atoms with Crippen molar-refractivity contribution in [2.45, 2.75) is 32.4 Å². The molecule has 1 aliphatic carbocycles. The van der Waals surface area contributed by atoms with Crippen LogP contribution in [0.25, 0.3) is 0 Å². The van der Waals surface area contributed by atoms with Gasteiger partial charge in [-0.05, 0) is 37.5 Å². The molecule has 0 spiro atoms. The summed E-state index contributed by atoms with van der Waals surface area (Å²) < 4.78 is 13.0. The van der Waals surface area contributed by atoms with Crippen molar-refractivity contribution in [2.24, 2.45) is 0 Å². The van der Waals surface area contributed by atoms with Crippen molar-refractivity contribution >= 4 is 17.8 Å². The Morgan fingerprint density at radius 2 is 1.70 bits per heavy atom. The third-order valence-electron chi connectivity index (χ3n) is 4.14. The topological polar surface area (TPSA) is 60.9 Å². The fourth-order valence-electron chi connectivity index (χ4n) is 2.69. The molecule has 1 saturated heterocycles. The maximum Gasteiger partial charge on any atom is 0.335 e. The van der Waals surface area contributed by atoms with Crippen molar-refractivity contribution in [1.29, 1.82) is 0 Å². The van der Waals surface area contributed by atoms with E-state index in [1.54, 1.807) is 19.1 Å². The van der Waals surface area contributed by atoms with E-state index in [0.29, 0.717) is 6.54 Å². The molecule has 1 aliphatic heterocycles. The second kappa shape index (κ2) is 6.08. The van der Waals surface area contributed by atoms with Crippen LogP contribution in [0.3, 0.4) is 0 Å². The van der Waals surface area contributed by atoms with Gasteiger partial charge in [-0.1, -0.05) is 12.1 Å². The van der Waals surface area contributed by atoms with Crippen molar-refractivity contribution in [3.63, 3.8) is 0 Å². The van der Waals surface area contributed by atoms with E-state index in [4.69, 9.17) is 0 Å². The van der Waals surface area contributed by atoms with E-state index in [9.17, 15) is 18.8 Å². The van der Waals surface area contributed by atoms with Crippen LogP contribution in [0, 0.1) is 5.82 Å². The number of carbonyl (C=O) groups excluding carboxylic acids is 3. The van der Waals surface area contributed by atoms with Crippen molar-refractivity contribution in [3.05, 3.63) is 35.6 Å². The van der Waals surface area contributed by atoms with Gasteiger partial charge in [-0.2, -0.15) is 0 Å². The Balaban J connectivity index is 1.73. The number of likely N-dealkylation sites (N-methyl/N-ethyl adjacent to an activating group) is 1. The Hall–Kier alpha value is -2.28. The number of urea groups is 1. The fraction of sp³-hybridized carbons (Fsp3) is 0.438. The normalized spacial score (nSPS) is 18.5. The first-order valence-electron chi connectivity index (χ1n) is 7.67. The standard InChI is InChI=1S/C16H18FN3O3/c1-2-19-14(21)15(22)20(16(19)23)10-18(13-7-8-13)9-11-3-5-12(17)6-4-11/h3-6,13H,2,7-10H2,1H3. The Bertz CT molecular complexity index is 642. The van der Waals surface area contributed by atoms with E-state index >= 15 is 0 Å². The number of nitrogens with zero attached hydrogens (tertiary/aromatic N) is 3. The number of benzene rings is 1. The van der Waals surface area contributed by atoms with Gasteiger partial charge in [0.15, 0.2) is 0 Å². The van der Waals surface area contributed by atoms with Crippen LogP contribution >= 0.6 is 0 Å². The lowest BCUT2D eigenvalue weighted by Gasteiger charge is -2.26. The maximum absolute atomic E-state index is 13.0. The molecule has 23 heavy (non-hydrogen) atoms. The molecule has 1 aromatic rings. The molecule has 0 atom stereocenters. The molecule has 122 valence electrons. The highest BCUT2D eigenvalue weighted by molar-refractivity contribution is 6.44. The predicted molar refractivity (Wildman–Crippen MR) is 79.5 cm³/mol. The number of hydrogen-bond acceptors (Lipinski definition) is 4. The van der Waals surface area contributed by atoms with Crippen LogP contribution in [0.5, 0.6) is 0 Å². The van der Waals surface area contributed by atoms with E-state index in [0.717, 1.165) is 28.2 Å². The van der Waals surface area contributed by atoms with Gasteiger partial charge >= 0.3 is 17.8 Å². The van der Waals surface area contributed by atoms with Gasteiger partial charge in [-0.3, -0.25) is 19.4 Å². The first-order chi connectivity index (χ1) is 11.0. The van der Waals surface area contributed by atoms with Gasteiger partial charge in [0.05, 0.1) is 6.67 Å². The summed E-state index contributed by atoms with van der Waals surface area (Å²) in [5.41, 5.74) is 0.899. The average molecular weight is 319 g/mol. The monoisotopic (exact) mass is 319 g/mol. The molecule has 1 heterocycles. The second-order valence-corrected chi connectivity index (χ2v) is 5.81. The van der Waals surface area contributed by atoms with Crippen LogP contribution in [0.4, 0.5) is 9.18 Å². The highest BCUT2D eigenvalue weighted by Crippen LogP contribution is 2.29. The highest BCUT2D eigenvalue weighted by atomic mass is 19.1. The average Bonchev–Trinajstić information content (AvgIpc) is 3.35. The summed E-state index contributed by atoms with van der Waals surface area (Å²) in [4.78, 5) is 39.9. The van der Waals surface area contributed by atoms with E-state index in [-0.39, 0.29) is 25.1 Å². The van der Waals surface area contributed by atoms with E-state index in [1.807, 2.05) is 4.90 Å². The van der Waals surface area contributed by atoms with Gasteiger partial charge in [0.2, 0.25) is 0 Å². The molecule has 1 aromatic carbocycles. The Labute approximate surface area is 133 Å². The number of imide groups is 2. The lowest BCUT2D eigenvalue weighted by molar-refractivity contribution is -0.144. The smallest absolute Gasteiger partial charge is 0.278 e. The molecule has 0 bridgehead atoms. The second-order valence-electron chi connectivity index (χ2n) is 5.81. The lowest BCUT2D eigenvalue weighted by Crippen LogP contribution is -2.43. The van der Waals surface area contributed by atoms with Gasteiger partial charge in [0.1, 0.15) is 5.82 Å². The summed E-state index contributed by atoms with van der Waals surface area (Å²) in [6.45, 7) is 2.43. The van der Waals surface area contributed by atoms with Crippen molar-refractivity contribution in [2.75, 3.05) is 13.2 Å². The minimum Gasteiger partial charge on any atom is -0.278 e. The molecule has 2 fully saturated rings. The van der Waals surface area contributed by atoms with Crippen LogP contribution in [-0.2, 0) is 16.1 Å². The van der Waals surface area contributed by atoms with Crippen LogP contribution in [0.1, 0.15) is 25.3 Å². The van der Waals surface area contributed by atoms with Gasteiger partial charge < -0.3 is 0 Å². The van der Waals surface area contributed by atoms with Gasteiger partial charge in [0.25, 0.3) is 0 Å². The summed E-state index contributed by atoms with van der Waals surface area (Å²) >= 11 is 0. The zero-order valence-corrected chi connectivity index (χ0v) is 12.9. The first kappa shape index (κ1) is 15.6. The molecule has 6 nitrogen and oxygen atoms in total. The minimum absolute atomic E-state index is 0.0853. The molecule has 2 aliphatic rings. The molecule has 0 N–H and O–H groups in total. The van der Waals surface area contributed by atoms with Crippen LogP contribution < -0.4 is 0 Å². The molecule has 3 rings (SSSR count). The minimum atomic E-state index is -0.776. The third-order valence-corrected chi connectivity index (χ3v) is 4.14. The summed E-state index contributed by atoms with van der Waals surface area (Å²) in [5, 5.41) is 0. The first-order valence-corrected chi connectivity index (χ1v) is 7.67. The van der Waals surface area contributed by atoms with Gasteiger partial charge in [-0.15, -0.1) is 0 Å². The highest BCUT2D eigenvalue weighted by Gasteiger charge is 2.45. The van der Waals surface area contributed by atoms with Crippen LogP contribution in [0.2, 0.25) is 0 Å². The molecule has 4 amide bonds. The van der Waals surface area contributed by atoms with Crippen molar-refractivity contribution in [3.8, 4) is 0 Å². The summed E-state index contributed by atoms with van der Waals surface area (Å²) in [5.74, 6) is -1.85. The summed E-state index contributed by atoms with van der Waals surface area (Å²) in [6.07, 6.45) is 1.98. The molecule has 0 unspecified atom stereocenters. The molecule has 0 aromatic heterocycles. The lowest BCUT2D eigenvalue weighted by atomic mass is 10.2. The summed E-state index contributed by atoms with van der Waals surface area (Å²) in [7, 11) is 0. The van der Waals surface area contributed by atoms with Gasteiger partial charge in [-0.25, -0.2) is 14.1 Å². The summed E-state index contributed by atoms with van der Waals surface area (Å²) in [6, 6.07) is 5.85. The number of carbonyl (C=O) groups is 3. The number of rotatable bonds is 6. The molecule has 0 radical (unpaired) electrons. The molecule has 7 heteroatoms. The van der Waals surface area contributed by atoms with E-state index < -0.39 is 17.8 Å². The van der Waals surface area contributed by atoms with E-state index in [1.165, 1.54) is 12.1 Å². The van der Waals surface area contributed by atoms with Gasteiger partial charge in [0, 0.05) is 19.1 Å². The molecular formula is C16H18FN3O3. The Kier molecular flexibility index (Phi) is 4.12. The molecule has 1 saturated carbocycles. The number of amides is 4. The van der Waals surface area contributed by atoms with E-state index in [2.05, 4.69) is 0 Å². The largest absolute Gasteiger partial charge is 0.335 e. The maximum atomic E-state index is 13.0. The van der Waals surface area contributed by atoms with Crippen molar-refractivity contribution < 1.29 is 18.8 Å². The number of hydrogen-bond donors (Lipinski definition) is 0. The van der Waals surface area contributed by atoms with Crippen molar-refractivity contribution in [1.82, 2.24) is 14.7 Å². The fourth-order valence-corrected chi connectivity index (χ4v) is 2.69. The zero-order valence-electron chi connectivity index (χ0n) is 12.9. The van der Waals surface area contributed by atoms with Crippen LogP contribution in [0.15, 0.2) is 24.3 Å². The molecular weight excluding hydrogens is 301 g/mol.